The summed E-state index contributed by atoms with van der Waals surface area (Å²) >= 11 is 0. The summed E-state index contributed by atoms with van der Waals surface area (Å²) in [6, 6.07) is 11.4. The number of methoxy groups -OCH3 is 1. The lowest BCUT2D eigenvalue weighted by Gasteiger charge is -2.31. The molecule has 1 aliphatic heterocycles. The van der Waals surface area contributed by atoms with Crippen molar-refractivity contribution >= 4 is 0 Å². The Morgan fingerprint density at radius 3 is 2.62 bits per heavy atom. The molecule has 0 bridgehead atoms. The van der Waals surface area contributed by atoms with E-state index in [1.54, 1.807) is 7.11 Å². The van der Waals surface area contributed by atoms with Crippen LogP contribution < -0.4 is 5.32 Å². The lowest BCUT2D eigenvalue weighted by molar-refractivity contribution is 0.0993. The van der Waals surface area contributed by atoms with E-state index in [0.29, 0.717) is 12.0 Å². The zero-order chi connectivity index (χ0) is 15.3. The van der Waals surface area contributed by atoms with Crippen molar-refractivity contribution in [2.45, 2.75) is 44.7 Å². The predicted octanol–water partition coefficient (Wildman–Crippen LogP) is 2.88. The normalized spacial score (nSPS) is 21.6. The molecule has 1 aliphatic rings. The first-order valence-electron chi connectivity index (χ1n) is 8.02. The van der Waals surface area contributed by atoms with E-state index in [-0.39, 0.29) is 5.54 Å². The van der Waals surface area contributed by atoms with Gasteiger partial charge in [0.15, 0.2) is 0 Å². The van der Waals surface area contributed by atoms with Gasteiger partial charge in [0.25, 0.3) is 0 Å². The van der Waals surface area contributed by atoms with Crippen molar-refractivity contribution < 1.29 is 4.74 Å². The molecule has 0 radical (unpaired) electrons. The van der Waals surface area contributed by atoms with Gasteiger partial charge in [0.1, 0.15) is 0 Å². The molecule has 3 heteroatoms. The Morgan fingerprint density at radius 2 is 2.00 bits per heavy atom. The lowest BCUT2D eigenvalue weighted by atomic mass is 9.99. The maximum atomic E-state index is 5.44. The highest BCUT2D eigenvalue weighted by atomic mass is 16.5. The van der Waals surface area contributed by atoms with Gasteiger partial charge >= 0.3 is 0 Å². The van der Waals surface area contributed by atoms with E-state index < -0.39 is 0 Å². The second kappa shape index (κ2) is 7.39. The molecule has 2 atom stereocenters. The first kappa shape index (κ1) is 16.5. The second-order valence-electron chi connectivity index (χ2n) is 7.13. The van der Waals surface area contributed by atoms with Crippen LogP contribution in [0, 0.1) is 0 Å². The smallest absolute Gasteiger partial charge is 0.0630 e. The number of nitrogens with one attached hydrogen (secondary N) is 1. The minimum absolute atomic E-state index is 0.157. The van der Waals surface area contributed by atoms with Crippen molar-refractivity contribution in [1.29, 1.82) is 0 Å². The number of ether oxygens (including phenoxy) is 1. The molecular weight excluding hydrogens is 260 g/mol. The Bertz CT molecular complexity index is 413. The van der Waals surface area contributed by atoms with Crippen LogP contribution in [0.15, 0.2) is 30.3 Å². The van der Waals surface area contributed by atoms with Crippen molar-refractivity contribution in [2.24, 2.45) is 0 Å². The highest BCUT2D eigenvalue weighted by Gasteiger charge is 2.29. The Kier molecular flexibility index (Phi) is 5.80. The highest BCUT2D eigenvalue weighted by Crippen LogP contribution is 2.28. The van der Waals surface area contributed by atoms with Crippen molar-refractivity contribution in [3.05, 3.63) is 35.9 Å². The minimum atomic E-state index is 0.157. The van der Waals surface area contributed by atoms with Crippen molar-refractivity contribution in [3.63, 3.8) is 0 Å². The molecule has 1 saturated heterocycles. The third-order valence-electron chi connectivity index (χ3n) is 4.23. The van der Waals surface area contributed by atoms with Crippen molar-refractivity contribution in [2.75, 3.05) is 33.4 Å². The van der Waals surface area contributed by atoms with Gasteiger partial charge < -0.3 is 10.1 Å². The summed E-state index contributed by atoms with van der Waals surface area (Å²) in [6.07, 6.45) is 1.25. The molecule has 1 fully saturated rings. The Hall–Kier alpha value is -0.900. The maximum Gasteiger partial charge on any atom is 0.0630 e. The minimum Gasteiger partial charge on any atom is -0.383 e. The topological polar surface area (TPSA) is 24.5 Å². The monoisotopic (exact) mass is 290 g/mol. The summed E-state index contributed by atoms with van der Waals surface area (Å²) in [5, 5.41) is 3.62. The van der Waals surface area contributed by atoms with E-state index in [1.807, 2.05) is 0 Å². The molecule has 0 saturated carbocycles. The fourth-order valence-corrected chi connectivity index (χ4v) is 3.03. The summed E-state index contributed by atoms with van der Waals surface area (Å²) in [7, 11) is 1.80. The Balaban J connectivity index is 1.93. The Labute approximate surface area is 129 Å². The molecule has 0 aliphatic carbocycles. The first-order valence-corrected chi connectivity index (χ1v) is 8.02. The molecule has 0 spiro atoms. The van der Waals surface area contributed by atoms with Crippen molar-refractivity contribution in [3.8, 4) is 0 Å². The van der Waals surface area contributed by atoms with E-state index in [1.165, 1.54) is 18.5 Å². The Morgan fingerprint density at radius 1 is 1.29 bits per heavy atom. The molecule has 2 rings (SSSR count). The molecule has 1 aromatic carbocycles. The van der Waals surface area contributed by atoms with Crippen LogP contribution in [0.1, 0.15) is 38.7 Å². The number of hydrogen-bond acceptors (Lipinski definition) is 3. The summed E-state index contributed by atoms with van der Waals surface area (Å²) in [6.45, 7) is 10.7. The van der Waals surface area contributed by atoms with Crippen LogP contribution in [0.3, 0.4) is 0 Å². The number of rotatable bonds is 6. The summed E-state index contributed by atoms with van der Waals surface area (Å²) in [4.78, 5) is 2.58. The zero-order valence-corrected chi connectivity index (χ0v) is 13.9. The summed E-state index contributed by atoms with van der Waals surface area (Å²) in [5.74, 6) is 0.667. The average molecular weight is 290 g/mol. The number of benzene rings is 1. The average Bonchev–Trinajstić information content (AvgIpc) is 2.93. The fourth-order valence-electron chi connectivity index (χ4n) is 3.03. The van der Waals surface area contributed by atoms with Gasteiger partial charge in [-0.2, -0.15) is 0 Å². The molecule has 3 nitrogen and oxygen atoms in total. The standard InChI is InChI=1S/C18H30N2O/c1-18(2,3)19-12-17(14-21-4)20-11-10-16(13-20)15-8-6-5-7-9-15/h5-9,16-17,19H,10-14H2,1-4H3. The van der Waals surface area contributed by atoms with Gasteiger partial charge in [-0.05, 0) is 45.2 Å². The van der Waals surface area contributed by atoms with Crippen molar-refractivity contribution in [1.82, 2.24) is 10.2 Å². The van der Waals surface area contributed by atoms with Crippen LogP contribution >= 0.6 is 0 Å². The van der Waals surface area contributed by atoms with E-state index in [9.17, 15) is 0 Å². The van der Waals surface area contributed by atoms with Gasteiger partial charge in [-0.15, -0.1) is 0 Å². The van der Waals surface area contributed by atoms with Crippen LogP contribution in [0.2, 0.25) is 0 Å². The molecular formula is C18H30N2O. The van der Waals surface area contributed by atoms with Crippen LogP contribution in [-0.2, 0) is 4.74 Å². The van der Waals surface area contributed by atoms with Gasteiger partial charge in [0, 0.05) is 31.8 Å². The van der Waals surface area contributed by atoms with E-state index in [2.05, 4.69) is 61.3 Å². The van der Waals surface area contributed by atoms with Crippen LogP contribution in [-0.4, -0.2) is 49.8 Å². The summed E-state index contributed by atoms with van der Waals surface area (Å²) in [5.41, 5.74) is 1.63. The second-order valence-corrected chi connectivity index (χ2v) is 7.13. The van der Waals surface area contributed by atoms with Gasteiger partial charge in [0.2, 0.25) is 0 Å². The van der Waals surface area contributed by atoms with Crippen LogP contribution in [0.5, 0.6) is 0 Å². The molecule has 118 valence electrons. The van der Waals surface area contributed by atoms with Gasteiger partial charge in [0.05, 0.1) is 6.61 Å². The van der Waals surface area contributed by atoms with Gasteiger partial charge in [-0.3, -0.25) is 4.90 Å². The summed E-state index contributed by atoms with van der Waals surface area (Å²) < 4.78 is 5.44. The molecule has 1 aromatic rings. The molecule has 21 heavy (non-hydrogen) atoms. The quantitative estimate of drug-likeness (QED) is 0.872. The SMILES string of the molecule is COCC(CNC(C)(C)C)N1CCC(c2ccccc2)C1. The molecule has 1 N–H and O–H groups in total. The highest BCUT2D eigenvalue weighted by molar-refractivity contribution is 5.21. The van der Waals surface area contributed by atoms with E-state index in [0.717, 1.165) is 19.7 Å². The van der Waals surface area contributed by atoms with Gasteiger partial charge in [-0.25, -0.2) is 0 Å². The van der Waals surface area contributed by atoms with Gasteiger partial charge in [-0.1, -0.05) is 30.3 Å². The first-order chi connectivity index (χ1) is 9.99. The van der Waals surface area contributed by atoms with Crippen LogP contribution in [0.4, 0.5) is 0 Å². The van der Waals surface area contributed by atoms with E-state index >= 15 is 0 Å². The number of nitrogens with zero attached hydrogens (tertiary/aromatic N) is 1. The predicted molar refractivity (Wildman–Crippen MR) is 88.8 cm³/mol. The zero-order valence-electron chi connectivity index (χ0n) is 13.9. The third-order valence-corrected chi connectivity index (χ3v) is 4.23. The maximum absolute atomic E-state index is 5.44. The van der Waals surface area contributed by atoms with E-state index in [4.69, 9.17) is 4.74 Å². The molecule has 1 heterocycles. The fraction of sp³-hybridized carbons (Fsp3) is 0.667. The molecule has 2 unspecified atom stereocenters. The lowest BCUT2D eigenvalue weighted by Crippen LogP contribution is -2.48. The molecule has 0 amide bonds. The molecule has 0 aromatic heterocycles. The third kappa shape index (κ3) is 5.10. The van der Waals surface area contributed by atoms with Crippen LogP contribution in [0.25, 0.3) is 0 Å². The number of hydrogen-bond donors (Lipinski definition) is 1. The largest absolute Gasteiger partial charge is 0.383 e. The number of likely N-dealkylation sites (tertiary alicyclic amines) is 1.